The first-order valence-corrected chi connectivity index (χ1v) is 8.77. The van der Waals surface area contributed by atoms with Gasteiger partial charge in [0.15, 0.2) is 0 Å². The zero-order valence-electron chi connectivity index (χ0n) is 14.4. The number of hydrogen-bond acceptors (Lipinski definition) is 2. The average molecular weight is 362 g/mol. The van der Waals surface area contributed by atoms with Crippen molar-refractivity contribution < 1.29 is 18.0 Å². The first-order valence-electron chi connectivity index (χ1n) is 8.77. The molecule has 0 spiro atoms. The molecule has 6 heteroatoms. The van der Waals surface area contributed by atoms with E-state index in [1.165, 1.54) is 37.8 Å². The molecule has 2 aromatic carbocycles. The van der Waals surface area contributed by atoms with Gasteiger partial charge in [0.2, 0.25) is 0 Å². The minimum atomic E-state index is -4.40. The van der Waals surface area contributed by atoms with Crippen molar-refractivity contribution >= 4 is 17.3 Å². The molecule has 0 atom stereocenters. The number of alkyl halides is 3. The van der Waals surface area contributed by atoms with E-state index in [0.29, 0.717) is 5.69 Å². The van der Waals surface area contributed by atoms with Crippen molar-refractivity contribution in [2.24, 2.45) is 0 Å². The second kappa shape index (κ2) is 7.81. The molecule has 0 saturated carbocycles. The van der Waals surface area contributed by atoms with Crippen molar-refractivity contribution in [2.75, 3.05) is 23.3 Å². The molecular weight excluding hydrogens is 341 g/mol. The highest BCUT2D eigenvalue weighted by Crippen LogP contribution is 2.29. The van der Waals surface area contributed by atoms with E-state index in [-0.39, 0.29) is 5.56 Å². The van der Waals surface area contributed by atoms with E-state index in [4.69, 9.17) is 0 Å². The third kappa shape index (κ3) is 4.56. The fraction of sp³-hybridized carbons (Fsp3) is 0.350. The van der Waals surface area contributed by atoms with Crippen LogP contribution in [-0.2, 0) is 6.18 Å². The molecule has 1 N–H and O–H groups in total. The standard InChI is InChI=1S/C20H21F3N2O/c21-20(22,23)16-7-5-15(6-8-16)19(26)24-17-9-11-18(12-10-17)25-13-3-1-2-4-14-25/h5-12H,1-4,13-14H2,(H,24,26). The van der Waals surface area contributed by atoms with Gasteiger partial charge in [0.05, 0.1) is 5.56 Å². The van der Waals surface area contributed by atoms with Gasteiger partial charge in [-0.05, 0) is 61.4 Å². The molecule has 0 unspecified atom stereocenters. The van der Waals surface area contributed by atoms with Crippen LogP contribution in [0.5, 0.6) is 0 Å². The number of hydrogen-bond donors (Lipinski definition) is 1. The van der Waals surface area contributed by atoms with Crippen LogP contribution in [0.3, 0.4) is 0 Å². The molecule has 0 bridgehead atoms. The van der Waals surface area contributed by atoms with Crippen LogP contribution in [0.4, 0.5) is 24.5 Å². The lowest BCUT2D eigenvalue weighted by atomic mass is 10.1. The molecule has 0 aromatic heterocycles. The minimum absolute atomic E-state index is 0.189. The quantitative estimate of drug-likeness (QED) is 0.799. The Morgan fingerprint density at radius 3 is 1.96 bits per heavy atom. The van der Waals surface area contributed by atoms with E-state index in [9.17, 15) is 18.0 Å². The van der Waals surface area contributed by atoms with Gasteiger partial charge in [-0.2, -0.15) is 13.2 Å². The number of carbonyl (C=O) groups is 1. The summed E-state index contributed by atoms with van der Waals surface area (Å²) in [6.45, 7) is 2.08. The Morgan fingerprint density at radius 1 is 0.846 bits per heavy atom. The van der Waals surface area contributed by atoms with Gasteiger partial charge in [0.1, 0.15) is 0 Å². The summed E-state index contributed by atoms with van der Waals surface area (Å²) in [6.07, 6.45) is 0.493. The zero-order chi connectivity index (χ0) is 18.6. The van der Waals surface area contributed by atoms with Crippen molar-refractivity contribution in [2.45, 2.75) is 31.9 Å². The van der Waals surface area contributed by atoms with Gasteiger partial charge in [0, 0.05) is 30.0 Å². The Bertz CT molecular complexity index is 731. The van der Waals surface area contributed by atoms with Crippen LogP contribution in [-0.4, -0.2) is 19.0 Å². The average Bonchev–Trinajstić information content (AvgIpc) is 2.91. The number of rotatable bonds is 3. The highest BCUT2D eigenvalue weighted by Gasteiger charge is 2.30. The lowest BCUT2D eigenvalue weighted by Crippen LogP contribution is -2.23. The monoisotopic (exact) mass is 362 g/mol. The summed E-state index contributed by atoms with van der Waals surface area (Å²) < 4.78 is 37.7. The van der Waals surface area contributed by atoms with Gasteiger partial charge in [-0.3, -0.25) is 4.79 Å². The molecule has 0 radical (unpaired) electrons. The maximum atomic E-state index is 12.6. The third-order valence-corrected chi connectivity index (χ3v) is 4.57. The minimum Gasteiger partial charge on any atom is -0.372 e. The van der Waals surface area contributed by atoms with Crippen LogP contribution in [0.25, 0.3) is 0 Å². The van der Waals surface area contributed by atoms with E-state index in [1.54, 1.807) is 0 Å². The molecule has 1 aliphatic heterocycles. The summed E-state index contributed by atoms with van der Waals surface area (Å²) in [5, 5.41) is 2.72. The summed E-state index contributed by atoms with van der Waals surface area (Å²) in [6, 6.07) is 11.8. The largest absolute Gasteiger partial charge is 0.416 e. The smallest absolute Gasteiger partial charge is 0.372 e. The molecule has 3 rings (SSSR count). The summed E-state index contributed by atoms with van der Waals surface area (Å²) in [4.78, 5) is 14.5. The fourth-order valence-corrected chi connectivity index (χ4v) is 3.10. The van der Waals surface area contributed by atoms with Crippen molar-refractivity contribution in [3.05, 3.63) is 59.7 Å². The summed E-state index contributed by atoms with van der Waals surface area (Å²) in [5.74, 6) is -0.429. The lowest BCUT2D eigenvalue weighted by molar-refractivity contribution is -0.137. The molecule has 1 heterocycles. The molecule has 1 amide bonds. The molecule has 1 aliphatic rings. The number of anilines is 2. The second-order valence-corrected chi connectivity index (χ2v) is 6.48. The van der Waals surface area contributed by atoms with Crippen LogP contribution in [0.1, 0.15) is 41.6 Å². The third-order valence-electron chi connectivity index (χ3n) is 4.57. The number of carbonyl (C=O) groups excluding carboxylic acids is 1. The molecular formula is C20H21F3N2O. The molecule has 26 heavy (non-hydrogen) atoms. The second-order valence-electron chi connectivity index (χ2n) is 6.48. The topological polar surface area (TPSA) is 32.3 Å². The Hall–Kier alpha value is -2.50. The van der Waals surface area contributed by atoms with Crippen molar-refractivity contribution in [3.63, 3.8) is 0 Å². The molecule has 1 saturated heterocycles. The summed E-state index contributed by atoms with van der Waals surface area (Å²) in [7, 11) is 0. The van der Waals surface area contributed by atoms with Crippen molar-refractivity contribution in [1.82, 2.24) is 0 Å². The number of amides is 1. The number of nitrogens with one attached hydrogen (secondary N) is 1. The molecule has 1 fully saturated rings. The van der Waals surface area contributed by atoms with Crippen molar-refractivity contribution in [1.29, 1.82) is 0 Å². The highest BCUT2D eigenvalue weighted by atomic mass is 19.4. The van der Waals surface area contributed by atoms with Crippen LogP contribution in [0.15, 0.2) is 48.5 Å². The molecule has 0 aliphatic carbocycles. The fourth-order valence-electron chi connectivity index (χ4n) is 3.10. The van der Waals surface area contributed by atoms with Gasteiger partial charge >= 0.3 is 6.18 Å². The van der Waals surface area contributed by atoms with Gasteiger partial charge in [0.25, 0.3) is 5.91 Å². The molecule has 138 valence electrons. The lowest BCUT2D eigenvalue weighted by Gasteiger charge is -2.22. The van der Waals surface area contributed by atoms with Gasteiger partial charge < -0.3 is 10.2 Å². The maximum Gasteiger partial charge on any atom is 0.416 e. The summed E-state index contributed by atoms with van der Waals surface area (Å²) in [5.41, 5.74) is 1.17. The predicted octanol–water partition coefficient (Wildman–Crippen LogP) is 5.34. The maximum absolute atomic E-state index is 12.6. The highest BCUT2D eigenvalue weighted by molar-refractivity contribution is 6.04. The Morgan fingerprint density at radius 2 is 1.42 bits per heavy atom. The zero-order valence-corrected chi connectivity index (χ0v) is 14.4. The van der Waals surface area contributed by atoms with E-state index in [1.807, 2.05) is 24.3 Å². The van der Waals surface area contributed by atoms with Crippen molar-refractivity contribution in [3.8, 4) is 0 Å². The van der Waals surface area contributed by atoms with Crippen LogP contribution in [0, 0.1) is 0 Å². The van der Waals surface area contributed by atoms with E-state index >= 15 is 0 Å². The number of benzene rings is 2. The van der Waals surface area contributed by atoms with Crippen LogP contribution < -0.4 is 10.2 Å². The van der Waals surface area contributed by atoms with Crippen LogP contribution in [0.2, 0.25) is 0 Å². The van der Waals surface area contributed by atoms with Gasteiger partial charge in [-0.1, -0.05) is 12.8 Å². The molecule has 3 nitrogen and oxygen atoms in total. The number of nitrogens with zero attached hydrogens (tertiary/aromatic N) is 1. The van der Waals surface area contributed by atoms with Crippen LogP contribution >= 0.6 is 0 Å². The summed E-state index contributed by atoms with van der Waals surface area (Å²) >= 11 is 0. The van der Waals surface area contributed by atoms with E-state index in [0.717, 1.165) is 30.9 Å². The van der Waals surface area contributed by atoms with Gasteiger partial charge in [-0.15, -0.1) is 0 Å². The van der Waals surface area contributed by atoms with E-state index < -0.39 is 17.6 Å². The predicted molar refractivity (Wildman–Crippen MR) is 96.5 cm³/mol. The Balaban J connectivity index is 1.64. The first kappa shape index (κ1) is 18.3. The Kier molecular flexibility index (Phi) is 5.49. The SMILES string of the molecule is O=C(Nc1ccc(N2CCCCCC2)cc1)c1ccc(C(F)(F)F)cc1. The Labute approximate surface area is 150 Å². The van der Waals surface area contributed by atoms with Gasteiger partial charge in [-0.25, -0.2) is 0 Å². The number of halogens is 3. The van der Waals surface area contributed by atoms with E-state index in [2.05, 4.69) is 10.2 Å². The molecule has 2 aromatic rings. The normalized spacial score (nSPS) is 15.4. The first-order chi connectivity index (χ1) is 12.4.